The molecular formula is C23H25Cl3F3N3O4S. The first kappa shape index (κ1) is 31.0. The second-order valence-corrected chi connectivity index (χ2v) is 11.3. The molecule has 0 bridgehead atoms. The van der Waals surface area contributed by atoms with E-state index in [4.69, 9.17) is 34.8 Å². The Balaban J connectivity index is 2.48. The van der Waals surface area contributed by atoms with Crippen LogP contribution in [0.3, 0.4) is 0 Å². The number of amides is 2. The van der Waals surface area contributed by atoms with Crippen molar-refractivity contribution in [1.29, 1.82) is 0 Å². The molecule has 0 saturated carbocycles. The summed E-state index contributed by atoms with van der Waals surface area (Å²) in [5.74, 6) is -1.33. The summed E-state index contributed by atoms with van der Waals surface area (Å²) in [6, 6.07) is 6.03. The second kappa shape index (κ2) is 12.6. The molecule has 0 aliphatic rings. The molecule has 1 atom stereocenters. The van der Waals surface area contributed by atoms with E-state index >= 15 is 0 Å². The Labute approximate surface area is 228 Å². The zero-order valence-electron chi connectivity index (χ0n) is 20.1. The second-order valence-electron chi connectivity index (χ2n) is 8.17. The van der Waals surface area contributed by atoms with Crippen LogP contribution in [0.1, 0.15) is 31.4 Å². The van der Waals surface area contributed by atoms with Crippen LogP contribution in [0.25, 0.3) is 0 Å². The number of halogens is 6. The van der Waals surface area contributed by atoms with Crippen molar-refractivity contribution in [3.8, 4) is 0 Å². The minimum absolute atomic E-state index is 0.150. The maximum absolute atomic E-state index is 13.4. The number of carbonyl (C=O) groups is 2. The van der Waals surface area contributed by atoms with Gasteiger partial charge in [-0.1, -0.05) is 47.8 Å². The van der Waals surface area contributed by atoms with Crippen LogP contribution >= 0.6 is 34.8 Å². The minimum atomic E-state index is -4.86. The summed E-state index contributed by atoms with van der Waals surface area (Å²) in [6.45, 7) is 2.62. The minimum Gasteiger partial charge on any atom is -0.354 e. The molecule has 0 radical (unpaired) electrons. The van der Waals surface area contributed by atoms with Gasteiger partial charge in [0.15, 0.2) is 0 Å². The van der Waals surface area contributed by atoms with Crippen LogP contribution < -0.4 is 9.62 Å². The highest BCUT2D eigenvalue weighted by atomic mass is 35.5. The lowest BCUT2D eigenvalue weighted by atomic mass is 10.1. The van der Waals surface area contributed by atoms with Crippen molar-refractivity contribution in [2.45, 2.75) is 39.0 Å². The van der Waals surface area contributed by atoms with Gasteiger partial charge in [-0.05, 0) is 49.2 Å². The van der Waals surface area contributed by atoms with Gasteiger partial charge in [0.1, 0.15) is 12.6 Å². The van der Waals surface area contributed by atoms with E-state index in [-0.39, 0.29) is 16.6 Å². The lowest BCUT2D eigenvalue weighted by Gasteiger charge is -2.31. The monoisotopic (exact) mass is 601 g/mol. The zero-order chi connectivity index (χ0) is 28.1. The SMILES string of the molecule is CCCNC(=O)[C@@H](C)N(Cc1ccc(Cl)c(Cl)c1)C(=O)CN(c1ccc(Cl)c(C(F)(F)F)c1)S(C)(=O)=O. The molecule has 14 heteroatoms. The molecule has 0 fully saturated rings. The number of carbonyl (C=O) groups excluding carboxylic acids is 2. The summed E-state index contributed by atoms with van der Waals surface area (Å²) in [4.78, 5) is 27.2. The van der Waals surface area contributed by atoms with E-state index in [9.17, 15) is 31.2 Å². The molecule has 2 aromatic rings. The first-order valence-corrected chi connectivity index (χ1v) is 13.9. The van der Waals surface area contributed by atoms with Crippen LogP contribution in [0, 0.1) is 0 Å². The van der Waals surface area contributed by atoms with Gasteiger partial charge in [0.2, 0.25) is 21.8 Å². The predicted molar refractivity (Wildman–Crippen MR) is 138 cm³/mol. The van der Waals surface area contributed by atoms with Gasteiger partial charge < -0.3 is 10.2 Å². The fourth-order valence-corrected chi connectivity index (χ4v) is 4.70. The molecule has 0 unspecified atom stereocenters. The smallest absolute Gasteiger partial charge is 0.354 e. The molecule has 7 nitrogen and oxygen atoms in total. The average Bonchev–Trinajstić information content (AvgIpc) is 2.80. The van der Waals surface area contributed by atoms with E-state index in [2.05, 4.69) is 5.32 Å². The molecule has 204 valence electrons. The van der Waals surface area contributed by atoms with E-state index in [0.29, 0.717) is 28.9 Å². The topological polar surface area (TPSA) is 86.8 Å². The Morgan fingerprint density at radius 3 is 2.19 bits per heavy atom. The summed E-state index contributed by atoms with van der Waals surface area (Å²) in [6.07, 6.45) is -3.46. The van der Waals surface area contributed by atoms with E-state index in [0.717, 1.165) is 23.3 Å². The normalized spacial score (nSPS) is 12.7. The lowest BCUT2D eigenvalue weighted by molar-refractivity contribution is -0.139. The standard InChI is InChI=1S/C23H25Cl3F3N3O4S/c1-4-9-30-22(34)14(2)31(12-15-5-7-19(25)20(26)10-15)21(33)13-32(37(3,35)36)16-6-8-18(24)17(11-16)23(27,28)29/h5-8,10-11,14H,4,9,12-13H2,1-3H3,(H,30,34)/t14-/m1/s1. The number of nitrogens with zero attached hydrogens (tertiary/aromatic N) is 2. The molecule has 2 aromatic carbocycles. The van der Waals surface area contributed by atoms with Gasteiger partial charge in [0.25, 0.3) is 0 Å². The highest BCUT2D eigenvalue weighted by Gasteiger charge is 2.35. The van der Waals surface area contributed by atoms with Gasteiger partial charge in [0, 0.05) is 13.1 Å². The summed E-state index contributed by atoms with van der Waals surface area (Å²) >= 11 is 17.7. The van der Waals surface area contributed by atoms with Crippen LogP contribution in [0.2, 0.25) is 15.1 Å². The highest BCUT2D eigenvalue weighted by molar-refractivity contribution is 7.92. The number of alkyl halides is 3. The highest BCUT2D eigenvalue weighted by Crippen LogP contribution is 2.37. The number of anilines is 1. The maximum Gasteiger partial charge on any atom is 0.417 e. The first-order chi connectivity index (χ1) is 17.1. The van der Waals surface area contributed by atoms with Crippen molar-refractivity contribution < 1.29 is 31.2 Å². The summed E-state index contributed by atoms with van der Waals surface area (Å²) in [5.41, 5.74) is -1.17. The average molecular weight is 603 g/mol. The Morgan fingerprint density at radius 1 is 1.03 bits per heavy atom. The number of rotatable bonds is 10. The van der Waals surface area contributed by atoms with Crippen molar-refractivity contribution >= 4 is 62.3 Å². The lowest BCUT2D eigenvalue weighted by Crippen LogP contribution is -2.51. The number of nitrogens with one attached hydrogen (secondary N) is 1. The van der Waals surface area contributed by atoms with Crippen molar-refractivity contribution in [3.63, 3.8) is 0 Å². The predicted octanol–water partition coefficient (Wildman–Crippen LogP) is 5.38. The molecule has 0 spiro atoms. The van der Waals surface area contributed by atoms with E-state index in [1.54, 1.807) is 6.07 Å². The van der Waals surface area contributed by atoms with Crippen molar-refractivity contribution in [1.82, 2.24) is 10.2 Å². The third kappa shape index (κ3) is 8.39. The Hall–Kier alpha value is -2.21. The molecule has 1 N–H and O–H groups in total. The van der Waals surface area contributed by atoms with Crippen molar-refractivity contribution in [3.05, 3.63) is 62.6 Å². The molecule has 0 aliphatic heterocycles. The Morgan fingerprint density at radius 2 is 1.65 bits per heavy atom. The van der Waals surface area contributed by atoms with Gasteiger partial charge >= 0.3 is 6.18 Å². The van der Waals surface area contributed by atoms with Crippen LogP contribution in [-0.2, 0) is 32.3 Å². The summed E-state index contributed by atoms with van der Waals surface area (Å²) < 4.78 is 65.8. The third-order valence-corrected chi connectivity index (χ3v) is 7.49. The fourth-order valence-electron chi connectivity index (χ4n) is 3.31. The fraction of sp³-hybridized carbons (Fsp3) is 0.391. The van der Waals surface area contributed by atoms with Crippen LogP contribution in [0.5, 0.6) is 0 Å². The number of benzene rings is 2. The van der Waals surface area contributed by atoms with Crippen molar-refractivity contribution in [2.24, 2.45) is 0 Å². The number of hydrogen-bond acceptors (Lipinski definition) is 4. The zero-order valence-corrected chi connectivity index (χ0v) is 23.2. The molecule has 0 heterocycles. The number of hydrogen-bond donors (Lipinski definition) is 1. The van der Waals surface area contributed by atoms with Crippen LogP contribution in [0.4, 0.5) is 18.9 Å². The molecule has 2 rings (SSSR count). The Kier molecular flexibility index (Phi) is 10.5. The van der Waals surface area contributed by atoms with Gasteiger partial charge in [-0.15, -0.1) is 0 Å². The molecule has 37 heavy (non-hydrogen) atoms. The van der Waals surface area contributed by atoms with Gasteiger partial charge in [0.05, 0.1) is 32.6 Å². The van der Waals surface area contributed by atoms with Crippen LogP contribution in [0.15, 0.2) is 36.4 Å². The molecule has 2 amide bonds. The first-order valence-electron chi connectivity index (χ1n) is 10.9. The van der Waals surface area contributed by atoms with Gasteiger partial charge in [-0.3, -0.25) is 13.9 Å². The van der Waals surface area contributed by atoms with Crippen LogP contribution in [-0.4, -0.2) is 50.5 Å². The number of sulfonamides is 1. The maximum atomic E-state index is 13.4. The third-order valence-electron chi connectivity index (χ3n) is 5.28. The van der Waals surface area contributed by atoms with Gasteiger partial charge in [-0.2, -0.15) is 13.2 Å². The van der Waals surface area contributed by atoms with E-state index in [1.165, 1.54) is 19.1 Å². The Bertz CT molecular complexity index is 1260. The largest absolute Gasteiger partial charge is 0.417 e. The van der Waals surface area contributed by atoms with E-state index < -0.39 is 56.9 Å². The summed E-state index contributed by atoms with van der Waals surface area (Å²) in [7, 11) is -4.23. The van der Waals surface area contributed by atoms with Gasteiger partial charge in [-0.25, -0.2) is 8.42 Å². The summed E-state index contributed by atoms with van der Waals surface area (Å²) in [5, 5.41) is 2.51. The van der Waals surface area contributed by atoms with Crippen molar-refractivity contribution in [2.75, 3.05) is 23.7 Å². The van der Waals surface area contributed by atoms with E-state index in [1.807, 2.05) is 6.92 Å². The molecule has 0 saturated heterocycles. The molecule has 0 aromatic heterocycles. The molecule has 0 aliphatic carbocycles. The quantitative estimate of drug-likeness (QED) is 0.396. The molecular weight excluding hydrogens is 578 g/mol.